The zero-order valence-corrected chi connectivity index (χ0v) is 19.6. The lowest BCUT2D eigenvalue weighted by Crippen LogP contribution is -2.30. The molecular weight excluding hydrogens is 417 g/mol. The minimum Gasteiger partial charge on any atom is -0.166 e. The highest BCUT2D eigenvalue weighted by Gasteiger charge is 2.35. The third kappa shape index (κ3) is 6.44. The van der Waals surface area contributed by atoms with Crippen molar-refractivity contribution >= 4 is 0 Å². The Morgan fingerprint density at radius 2 is 1.36 bits per heavy atom. The quantitative estimate of drug-likeness (QED) is 0.314. The summed E-state index contributed by atoms with van der Waals surface area (Å²) in [6.45, 7) is 2.29. The molecule has 4 rings (SSSR count). The predicted octanol–water partition coefficient (Wildman–Crippen LogP) is 8.99. The molecule has 0 nitrogen and oxygen atoms in total. The molecule has 2 aliphatic carbocycles. The zero-order valence-electron chi connectivity index (χ0n) is 19.6. The van der Waals surface area contributed by atoms with Crippen molar-refractivity contribution in [2.75, 3.05) is 0 Å². The molecule has 2 aromatic carbocycles. The first-order valence-corrected chi connectivity index (χ1v) is 12.7. The van der Waals surface area contributed by atoms with Gasteiger partial charge in [0, 0.05) is 11.1 Å². The average Bonchev–Trinajstić information content (AvgIpc) is 2.82. The van der Waals surface area contributed by atoms with Gasteiger partial charge in [-0.05, 0) is 97.7 Å². The summed E-state index contributed by atoms with van der Waals surface area (Å²) in [6, 6.07) is 13.6. The molecule has 176 valence electrons. The highest BCUT2D eigenvalue weighted by atomic mass is 19.4. The van der Waals surface area contributed by atoms with Crippen molar-refractivity contribution in [1.29, 1.82) is 0 Å². The van der Waals surface area contributed by atoms with Crippen molar-refractivity contribution < 1.29 is 13.2 Å². The number of hydrogen-bond acceptors (Lipinski definition) is 0. The van der Waals surface area contributed by atoms with Crippen LogP contribution in [0.1, 0.15) is 99.3 Å². The van der Waals surface area contributed by atoms with Crippen molar-refractivity contribution in [3.05, 3.63) is 70.8 Å². The van der Waals surface area contributed by atoms with Gasteiger partial charge in [0.1, 0.15) is 0 Å². The van der Waals surface area contributed by atoms with Crippen molar-refractivity contribution in [3.63, 3.8) is 0 Å². The molecule has 0 N–H and O–H groups in total. The second-order valence-corrected chi connectivity index (χ2v) is 10.2. The number of benzene rings is 2. The van der Waals surface area contributed by atoms with Crippen molar-refractivity contribution in [1.82, 2.24) is 0 Å². The molecule has 2 aromatic rings. The summed E-state index contributed by atoms with van der Waals surface area (Å²) >= 11 is 0. The van der Waals surface area contributed by atoms with Gasteiger partial charge >= 0.3 is 6.18 Å². The van der Waals surface area contributed by atoms with Gasteiger partial charge in [-0.15, -0.1) is 0 Å². The minimum absolute atomic E-state index is 0.593. The first-order chi connectivity index (χ1) is 15.9. The molecule has 0 aliphatic heterocycles. The summed E-state index contributed by atoms with van der Waals surface area (Å²) in [5, 5.41) is 0. The van der Waals surface area contributed by atoms with Gasteiger partial charge in [-0.2, -0.15) is 13.2 Å². The third-order valence-corrected chi connectivity index (χ3v) is 7.88. The molecule has 0 saturated heterocycles. The van der Waals surface area contributed by atoms with E-state index in [9.17, 15) is 13.2 Å². The van der Waals surface area contributed by atoms with Gasteiger partial charge in [0.15, 0.2) is 0 Å². The molecule has 4 atom stereocenters. The molecule has 2 fully saturated rings. The van der Waals surface area contributed by atoms with Crippen LogP contribution in [0.25, 0.3) is 0 Å². The Kier molecular flexibility index (Phi) is 7.84. The number of fused-ring (bicyclic) bond motifs is 1. The maximum Gasteiger partial charge on any atom is 0.416 e. The number of rotatable bonds is 5. The van der Waals surface area contributed by atoms with E-state index in [4.69, 9.17) is 0 Å². The average molecular weight is 453 g/mol. The van der Waals surface area contributed by atoms with Crippen LogP contribution in [0.15, 0.2) is 48.5 Å². The van der Waals surface area contributed by atoms with E-state index in [-0.39, 0.29) is 0 Å². The van der Waals surface area contributed by atoms with Crippen molar-refractivity contribution in [3.8, 4) is 11.8 Å². The van der Waals surface area contributed by atoms with E-state index in [1.165, 1.54) is 81.9 Å². The van der Waals surface area contributed by atoms with Gasteiger partial charge in [-0.3, -0.25) is 0 Å². The fourth-order valence-electron chi connectivity index (χ4n) is 5.96. The highest BCUT2D eigenvalue weighted by molar-refractivity contribution is 5.44. The van der Waals surface area contributed by atoms with E-state index in [1.54, 1.807) is 0 Å². The molecule has 2 saturated carbocycles. The second kappa shape index (κ2) is 10.8. The Morgan fingerprint density at radius 1 is 0.758 bits per heavy atom. The summed E-state index contributed by atoms with van der Waals surface area (Å²) in [5.41, 5.74) is 2.27. The van der Waals surface area contributed by atoms with Gasteiger partial charge in [0.25, 0.3) is 0 Å². The summed E-state index contributed by atoms with van der Waals surface area (Å²) in [7, 11) is 0. The molecule has 2 aliphatic rings. The lowest BCUT2D eigenvalue weighted by Gasteiger charge is -2.42. The number of unbranched alkanes of at least 4 members (excludes halogenated alkanes) is 2. The van der Waals surface area contributed by atoms with Gasteiger partial charge in [0.05, 0.1) is 5.56 Å². The molecule has 1 unspecified atom stereocenters. The Labute approximate surface area is 197 Å². The van der Waals surface area contributed by atoms with Crippen LogP contribution in [0.2, 0.25) is 0 Å². The van der Waals surface area contributed by atoms with Crippen LogP contribution >= 0.6 is 0 Å². The molecule has 0 bridgehead atoms. The van der Waals surface area contributed by atoms with Gasteiger partial charge < -0.3 is 0 Å². The summed E-state index contributed by atoms with van der Waals surface area (Å²) < 4.78 is 38.1. The fraction of sp³-hybridized carbons (Fsp3) is 0.533. The molecule has 0 amide bonds. The maximum absolute atomic E-state index is 12.7. The predicted molar refractivity (Wildman–Crippen MR) is 129 cm³/mol. The Bertz CT molecular complexity index is 943. The largest absolute Gasteiger partial charge is 0.416 e. The minimum atomic E-state index is -4.31. The van der Waals surface area contributed by atoms with E-state index in [0.717, 1.165) is 35.4 Å². The van der Waals surface area contributed by atoms with E-state index < -0.39 is 11.7 Å². The van der Waals surface area contributed by atoms with E-state index in [0.29, 0.717) is 11.5 Å². The van der Waals surface area contributed by atoms with Gasteiger partial charge in [-0.25, -0.2) is 0 Å². The first-order valence-electron chi connectivity index (χ1n) is 12.7. The molecule has 0 radical (unpaired) electrons. The number of hydrogen-bond donors (Lipinski definition) is 0. The van der Waals surface area contributed by atoms with Gasteiger partial charge in [0.2, 0.25) is 0 Å². The summed E-state index contributed by atoms with van der Waals surface area (Å²) in [4.78, 5) is 0. The molecule has 0 aromatic heterocycles. The maximum atomic E-state index is 12.7. The van der Waals surface area contributed by atoms with E-state index in [2.05, 4.69) is 43.0 Å². The molecular formula is C30H35F3. The Balaban J connectivity index is 1.31. The molecule has 0 spiro atoms. The normalized spacial score (nSPS) is 25.1. The van der Waals surface area contributed by atoms with Crippen LogP contribution in [0.5, 0.6) is 0 Å². The monoisotopic (exact) mass is 452 g/mol. The van der Waals surface area contributed by atoms with Crippen LogP contribution in [0, 0.1) is 29.6 Å². The molecule has 3 heteroatoms. The third-order valence-electron chi connectivity index (χ3n) is 7.88. The smallest absolute Gasteiger partial charge is 0.166 e. The number of alkyl halides is 3. The number of halogens is 3. The lowest BCUT2D eigenvalue weighted by molar-refractivity contribution is -0.137. The molecule has 33 heavy (non-hydrogen) atoms. The van der Waals surface area contributed by atoms with Crippen molar-refractivity contribution in [2.45, 2.75) is 83.2 Å². The SMILES string of the molecule is CCCCCC1CC[C@@H]2C[C@H](c3ccc(C#Cc4ccc(C(F)(F)F)cc4)cc3)CC[C@@H]2C1. The molecule has 0 heterocycles. The second-order valence-electron chi connectivity index (χ2n) is 10.2. The fourth-order valence-corrected chi connectivity index (χ4v) is 5.96. The van der Waals surface area contributed by atoms with Crippen LogP contribution in [-0.2, 0) is 6.18 Å². The lowest BCUT2D eigenvalue weighted by atomic mass is 9.63. The highest BCUT2D eigenvalue weighted by Crippen LogP contribution is 2.48. The standard InChI is InChI=1S/C30H35F3/c1-2-3-4-5-24-10-15-28-21-27(17-16-26(28)20-24)25-13-8-22(9-14-25)6-7-23-11-18-29(19-12-23)30(31,32)33/h8-9,11-14,18-19,24,26-28H,2-5,10,15-17,20-21H2,1H3/t24?,26-,27-,28-/m1/s1. The van der Waals surface area contributed by atoms with Crippen LogP contribution < -0.4 is 0 Å². The van der Waals surface area contributed by atoms with Gasteiger partial charge in [-0.1, -0.05) is 63.0 Å². The van der Waals surface area contributed by atoms with E-state index >= 15 is 0 Å². The van der Waals surface area contributed by atoms with Crippen LogP contribution in [-0.4, -0.2) is 0 Å². The first kappa shape index (κ1) is 23.9. The van der Waals surface area contributed by atoms with Crippen molar-refractivity contribution in [2.24, 2.45) is 17.8 Å². The summed E-state index contributed by atoms with van der Waals surface area (Å²) in [5.74, 6) is 9.53. The van der Waals surface area contributed by atoms with Crippen LogP contribution in [0.4, 0.5) is 13.2 Å². The van der Waals surface area contributed by atoms with E-state index in [1.807, 2.05) is 0 Å². The zero-order chi connectivity index (χ0) is 23.3. The Morgan fingerprint density at radius 3 is 2.00 bits per heavy atom. The Hall–Kier alpha value is -2.21. The van der Waals surface area contributed by atoms with Crippen LogP contribution in [0.3, 0.4) is 0 Å². The topological polar surface area (TPSA) is 0 Å². The summed E-state index contributed by atoms with van der Waals surface area (Å²) in [6.07, 6.45) is 9.53.